The van der Waals surface area contributed by atoms with Gasteiger partial charge >= 0.3 is 5.97 Å². The van der Waals surface area contributed by atoms with Gasteiger partial charge in [0.15, 0.2) is 6.04 Å². The number of rotatable bonds is 6. The molecule has 0 bridgehead atoms. The molecule has 2 aromatic rings. The predicted molar refractivity (Wildman–Crippen MR) is 97.0 cm³/mol. The van der Waals surface area contributed by atoms with Crippen LogP contribution < -0.4 is 9.64 Å². The number of benzene rings is 2. The maximum Gasteiger partial charge on any atom is 0.330 e. The largest absolute Gasteiger partial charge is 0.497 e. The quantitative estimate of drug-likeness (QED) is 0.587. The number of anilines is 1. The molecule has 1 saturated heterocycles. The molecular formula is C19H19NO4S. The van der Waals surface area contributed by atoms with E-state index in [9.17, 15) is 9.59 Å². The van der Waals surface area contributed by atoms with Crippen LogP contribution in [0.4, 0.5) is 5.69 Å². The molecule has 0 spiro atoms. The van der Waals surface area contributed by atoms with Crippen molar-refractivity contribution in [2.45, 2.75) is 23.1 Å². The van der Waals surface area contributed by atoms with E-state index in [-0.39, 0.29) is 18.5 Å². The van der Waals surface area contributed by atoms with Crippen LogP contribution in [-0.4, -0.2) is 36.9 Å². The molecule has 2 aromatic carbocycles. The number of thioether (sulfide) groups is 1. The third-order valence-electron chi connectivity index (χ3n) is 3.93. The van der Waals surface area contributed by atoms with Crippen LogP contribution in [-0.2, 0) is 14.3 Å². The number of carbonyl (C=O) groups is 2. The molecule has 1 amide bonds. The third kappa shape index (κ3) is 3.49. The number of amides is 1. The number of β-lactam (4-membered cyclic amide) rings is 1. The summed E-state index contributed by atoms with van der Waals surface area (Å²) >= 11 is 1.39. The van der Waals surface area contributed by atoms with Gasteiger partial charge < -0.3 is 9.47 Å². The van der Waals surface area contributed by atoms with E-state index in [0.29, 0.717) is 11.4 Å². The second-order valence-electron chi connectivity index (χ2n) is 5.45. The van der Waals surface area contributed by atoms with Gasteiger partial charge in [0.2, 0.25) is 5.91 Å². The van der Waals surface area contributed by atoms with Crippen molar-refractivity contribution in [1.82, 2.24) is 0 Å². The van der Waals surface area contributed by atoms with E-state index < -0.39 is 11.3 Å². The van der Waals surface area contributed by atoms with Crippen molar-refractivity contribution in [2.75, 3.05) is 18.6 Å². The summed E-state index contributed by atoms with van der Waals surface area (Å²) in [6.45, 7) is 2.04. The predicted octanol–water partition coefficient (Wildman–Crippen LogP) is 3.13. The number of hydrogen-bond donors (Lipinski definition) is 0. The van der Waals surface area contributed by atoms with Gasteiger partial charge in [-0.3, -0.25) is 9.69 Å². The Balaban J connectivity index is 1.84. The molecule has 5 nitrogen and oxygen atoms in total. The lowest BCUT2D eigenvalue weighted by Gasteiger charge is -2.44. The zero-order valence-corrected chi connectivity index (χ0v) is 14.9. The van der Waals surface area contributed by atoms with Crippen LogP contribution in [0.2, 0.25) is 0 Å². The minimum atomic E-state index is -0.633. The minimum absolute atomic E-state index is 0.0999. The SMILES string of the molecule is CCOC(=O)[C@@H]1[C@H](Sc2ccccc2)C(=O)N1c1ccc(OC)cc1. The summed E-state index contributed by atoms with van der Waals surface area (Å²) in [4.78, 5) is 27.6. The molecule has 0 aromatic heterocycles. The standard InChI is InChI=1S/C19H19NO4S/c1-3-24-19(22)16-17(25-15-7-5-4-6-8-15)18(21)20(16)13-9-11-14(23-2)12-10-13/h4-12,16-17H,3H2,1-2H3/t16-,17-/m0/s1. The molecule has 0 radical (unpaired) electrons. The van der Waals surface area contributed by atoms with E-state index in [4.69, 9.17) is 9.47 Å². The summed E-state index contributed by atoms with van der Waals surface area (Å²) in [6.07, 6.45) is 0. The fourth-order valence-electron chi connectivity index (χ4n) is 2.71. The van der Waals surface area contributed by atoms with Crippen molar-refractivity contribution in [2.24, 2.45) is 0 Å². The van der Waals surface area contributed by atoms with Gasteiger partial charge in [0, 0.05) is 10.6 Å². The molecule has 130 valence electrons. The van der Waals surface area contributed by atoms with Crippen molar-refractivity contribution in [3.05, 3.63) is 54.6 Å². The van der Waals surface area contributed by atoms with Crippen LogP contribution in [0.25, 0.3) is 0 Å². The molecule has 3 rings (SSSR count). The first-order chi connectivity index (χ1) is 12.2. The zero-order valence-electron chi connectivity index (χ0n) is 14.0. The van der Waals surface area contributed by atoms with Crippen LogP contribution in [0.1, 0.15) is 6.92 Å². The fraction of sp³-hybridized carbons (Fsp3) is 0.263. The van der Waals surface area contributed by atoms with Gasteiger partial charge in [0.1, 0.15) is 11.0 Å². The summed E-state index contributed by atoms with van der Waals surface area (Å²) in [5.74, 6) is 0.211. The second kappa shape index (κ2) is 7.61. The number of hydrogen-bond acceptors (Lipinski definition) is 5. The Morgan fingerprint density at radius 3 is 2.40 bits per heavy atom. The number of methoxy groups -OCH3 is 1. The van der Waals surface area contributed by atoms with E-state index in [0.717, 1.165) is 4.90 Å². The molecule has 1 heterocycles. The molecule has 6 heteroatoms. The summed E-state index contributed by atoms with van der Waals surface area (Å²) in [5.41, 5.74) is 0.661. The lowest BCUT2D eigenvalue weighted by molar-refractivity contribution is -0.149. The summed E-state index contributed by atoms with van der Waals surface area (Å²) in [6, 6.07) is 16.0. The van der Waals surface area contributed by atoms with Crippen molar-refractivity contribution in [3.8, 4) is 5.75 Å². The number of esters is 1. The molecule has 0 aliphatic carbocycles. The molecule has 0 unspecified atom stereocenters. The third-order valence-corrected chi connectivity index (χ3v) is 5.19. The summed E-state index contributed by atoms with van der Waals surface area (Å²) in [7, 11) is 1.58. The molecule has 0 N–H and O–H groups in total. The lowest BCUT2D eigenvalue weighted by Crippen LogP contribution is -2.67. The van der Waals surface area contributed by atoms with E-state index in [1.54, 1.807) is 38.3 Å². The first-order valence-electron chi connectivity index (χ1n) is 8.01. The van der Waals surface area contributed by atoms with Gasteiger partial charge in [0.05, 0.1) is 13.7 Å². The van der Waals surface area contributed by atoms with Crippen molar-refractivity contribution in [3.63, 3.8) is 0 Å². The molecule has 1 aliphatic rings. The Morgan fingerprint density at radius 1 is 1.12 bits per heavy atom. The number of carbonyl (C=O) groups excluding carboxylic acids is 2. The maximum absolute atomic E-state index is 12.7. The molecule has 25 heavy (non-hydrogen) atoms. The van der Waals surface area contributed by atoms with Crippen LogP contribution >= 0.6 is 11.8 Å². The molecule has 2 atom stereocenters. The van der Waals surface area contributed by atoms with E-state index >= 15 is 0 Å². The highest BCUT2D eigenvalue weighted by Gasteiger charge is 2.53. The smallest absolute Gasteiger partial charge is 0.330 e. The summed E-state index contributed by atoms with van der Waals surface area (Å²) in [5, 5.41) is -0.483. The first kappa shape index (κ1) is 17.4. The van der Waals surface area contributed by atoms with Crippen LogP contribution in [0.5, 0.6) is 5.75 Å². The maximum atomic E-state index is 12.7. The Labute approximate surface area is 150 Å². The first-order valence-corrected chi connectivity index (χ1v) is 8.89. The van der Waals surface area contributed by atoms with E-state index in [2.05, 4.69) is 0 Å². The Kier molecular flexibility index (Phi) is 5.28. The van der Waals surface area contributed by atoms with Gasteiger partial charge in [-0.05, 0) is 43.3 Å². The second-order valence-corrected chi connectivity index (χ2v) is 6.67. The fourth-order valence-corrected chi connectivity index (χ4v) is 3.89. The highest BCUT2D eigenvalue weighted by atomic mass is 32.2. The number of nitrogens with zero attached hydrogens (tertiary/aromatic N) is 1. The lowest BCUT2D eigenvalue weighted by atomic mass is 9.99. The van der Waals surface area contributed by atoms with Crippen molar-refractivity contribution in [1.29, 1.82) is 0 Å². The van der Waals surface area contributed by atoms with E-state index in [1.165, 1.54) is 16.7 Å². The average Bonchev–Trinajstić information content (AvgIpc) is 2.65. The highest BCUT2D eigenvalue weighted by Crippen LogP contribution is 2.39. The van der Waals surface area contributed by atoms with Gasteiger partial charge in [-0.1, -0.05) is 18.2 Å². The Hall–Kier alpha value is -2.47. The Bertz CT molecular complexity index is 748. The molecule has 0 saturated carbocycles. The van der Waals surface area contributed by atoms with Crippen molar-refractivity contribution < 1.29 is 19.1 Å². The molecular weight excluding hydrogens is 338 g/mol. The monoisotopic (exact) mass is 357 g/mol. The van der Waals surface area contributed by atoms with Crippen molar-refractivity contribution >= 4 is 29.3 Å². The van der Waals surface area contributed by atoms with Crippen LogP contribution in [0, 0.1) is 0 Å². The van der Waals surface area contributed by atoms with Gasteiger partial charge in [-0.25, -0.2) is 4.79 Å². The van der Waals surface area contributed by atoms with E-state index in [1.807, 2.05) is 30.3 Å². The van der Waals surface area contributed by atoms with Gasteiger partial charge in [-0.2, -0.15) is 0 Å². The molecule has 1 aliphatic heterocycles. The van der Waals surface area contributed by atoms with Crippen LogP contribution in [0.3, 0.4) is 0 Å². The average molecular weight is 357 g/mol. The number of ether oxygens (including phenoxy) is 2. The summed E-state index contributed by atoms with van der Waals surface area (Å²) < 4.78 is 10.3. The molecule has 1 fully saturated rings. The van der Waals surface area contributed by atoms with Crippen LogP contribution in [0.15, 0.2) is 59.5 Å². The highest BCUT2D eigenvalue weighted by molar-refractivity contribution is 8.00. The van der Waals surface area contributed by atoms with Gasteiger partial charge in [0.25, 0.3) is 0 Å². The zero-order chi connectivity index (χ0) is 17.8. The topological polar surface area (TPSA) is 55.8 Å². The normalized spacial score (nSPS) is 19.3. The Morgan fingerprint density at radius 2 is 1.80 bits per heavy atom. The van der Waals surface area contributed by atoms with Gasteiger partial charge in [-0.15, -0.1) is 11.8 Å². The minimum Gasteiger partial charge on any atom is -0.497 e.